The molecule has 0 amide bonds. The van der Waals surface area contributed by atoms with E-state index in [2.05, 4.69) is 21.2 Å². The van der Waals surface area contributed by atoms with Gasteiger partial charge >= 0.3 is 11.6 Å². The van der Waals surface area contributed by atoms with Gasteiger partial charge in [0.1, 0.15) is 5.58 Å². The zero-order valence-corrected chi connectivity index (χ0v) is 19.4. The second kappa shape index (κ2) is 8.71. The van der Waals surface area contributed by atoms with Crippen molar-refractivity contribution in [2.45, 2.75) is 12.8 Å². The van der Waals surface area contributed by atoms with Crippen molar-refractivity contribution < 1.29 is 13.9 Å². The lowest BCUT2D eigenvalue weighted by molar-refractivity contribution is -0.138. The normalized spacial score (nSPS) is 15.2. The molecule has 1 aliphatic heterocycles. The van der Waals surface area contributed by atoms with Crippen molar-refractivity contribution in [2.75, 3.05) is 11.9 Å². The predicted octanol–water partition coefficient (Wildman–Crippen LogP) is 6.09. The van der Waals surface area contributed by atoms with Crippen molar-refractivity contribution in [1.82, 2.24) is 0 Å². The number of fused-ring (bicyclic) bond motifs is 3. The number of para-hydroxylation sites is 1. The Hall–Kier alpha value is -3.64. The summed E-state index contributed by atoms with van der Waals surface area (Å²) in [6, 6.07) is 24.6. The predicted molar refractivity (Wildman–Crippen MR) is 132 cm³/mol. The monoisotopic (exact) mass is 501 g/mol. The van der Waals surface area contributed by atoms with Gasteiger partial charge in [0.05, 0.1) is 35.0 Å². The van der Waals surface area contributed by atoms with E-state index in [1.165, 1.54) is 0 Å². The Kier molecular flexibility index (Phi) is 5.60. The first-order valence-corrected chi connectivity index (χ1v) is 11.4. The van der Waals surface area contributed by atoms with Crippen molar-refractivity contribution in [3.05, 3.63) is 116 Å². The number of ether oxygens (including phenoxy) is 1. The van der Waals surface area contributed by atoms with E-state index in [-0.39, 0.29) is 6.61 Å². The number of benzene rings is 3. The molecule has 0 fully saturated rings. The van der Waals surface area contributed by atoms with Crippen LogP contribution in [0.5, 0.6) is 0 Å². The Morgan fingerprint density at radius 1 is 1.00 bits per heavy atom. The van der Waals surface area contributed by atoms with Gasteiger partial charge in [0, 0.05) is 9.86 Å². The summed E-state index contributed by atoms with van der Waals surface area (Å²) in [4.78, 5) is 26.6. The summed E-state index contributed by atoms with van der Waals surface area (Å²) in [6.45, 7) is 1.98. The Bertz CT molecular complexity index is 1440. The third-order valence-corrected chi connectivity index (χ3v) is 6.23. The number of carbonyl (C=O) groups excluding carboxylic acids is 1. The van der Waals surface area contributed by atoms with Crippen LogP contribution < -0.4 is 10.9 Å². The molecule has 4 aromatic rings. The maximum absolute atomic E-state index is 13.4. The molecule has 3 aromatic carbocycles. The Balaban J connectivity index is 1.88. The number of carbonyl (C=O) groups is 1. The fourth-order valence-corrected chi connectivity index (χ4v) is 4.56. The standard InChI is InChI=1S/C27H20BrNO4/c1-2-32-26(30)22-21(16-8-4-3-5-9-16)23-25(19-10-6-7-11-20(19)33-27(23)31)29-24(22)17-12-14-18(28)15-13-17/h3-15,21,29H,2H2,1H3. The van der Waals surface area contributed by atoms with E-state index in [1.54, 1.807) is 13.0 Å². The minimum atomic E-state index is -0.652. The van der Waals surface area contributed by atoms with Crippen molar-refractivity contribution in [1.29, 1.82) is 0 Å². The average Bonchev–Trinajstić information content (AvgIpc) is 2.84. The van der Waals surface area contributed by atoms with Gasteiger partial charge < -0.3 is 14.5 Å². The zero-order chi connectivity index (χ0) is 22.9. The smallest absolute Gasteiger partial charge is 0.342 e. The number of rotatable bonds is 4. The molecule has 33 heavy (non-hydrogen) atoms. The molecule has 5 rings (SSSR count). The van der Waals surface area contributed by atoms with Gasteiger partial charge in [0.25, 0.3) is 0 Å². The van der Waals surface area contributed by atoms with Gasteiger partial charge in [-0.05, 0) is 42.3 Å². The molecule has 1 N–H and O–H groups in total. The van der Waals surface area contributed by atoms with Crippen LogP contribution in [0, 0.1) is 0 Å². The van der Waals surface area contributed by atoms with Crippen molar-refractivity contribution in [2.24, 2.45) is 0 Å². The van der Waals surface area contributed by atoms with E-state index >= 15 is 0 Å². The molecular formula is C27H20BrNO4. The Labute approximate surface area is 198 Å². The lowest BCUT2D eigenvalue weighted by Gasteiger charge is -2.31. The van der Waals surface area contributed by atoms with E-state index in [1.807, 2.05) is 72.8 Å². The SMILES string of the molecule is CCOC(=O)C1=C(c2ccc(Br)cc2)Nc2c(c(=O)oc3ccccc23)C1c1ccccc1. The van der Waals surface area contributed by atoms with Crippen molar-refractivity contribution in [3.63, 3.8) is 0 Å². The molecule has 0 radical (unpaired) electrons. The summed E-state index contributed by atoms with van der Waals surface area (Å²) in [5.74, 6) is -1.13. The van der Waals surface area contributed by atoms with Gasteiger partial charge in [-0.1, -0.05) is 70.5 Å². The van der Waals surface area contributed by atoms with Gasteiger partial charge in [-0.15, -0.1) is 0 Å². The number of hydrogen-bond acceptors (Lipinski definition) is 5. The summed E-state index contributed by atoms with van der Waals surface area (Å²) < 4.78 is 12.1. The van der Waals surface area contributed by atoms with Crippen LogP contribution in [0.4, 0.5) is 5.69 Å². The second-order valence-electron chi connectivity index (χ2n) is 7.66. The van der Waals surface area contributed by atoms with Crippen LogP contribution in [-0.4, -0.2) is 12.6 Å². The molecule has 0 bridgehead atoms. The van der Waals surface area contributed by atoms with Gasteiger partial charge in [-0.3, -0.25) is 0 Å². The summed E-state index contributed by atoms with van der Waals surface area (Å²) in [7, 11) is 0. The minimum absolute atomic E-state index is 0.219. The Morgan fingerprint density at radius 3 is 2.42 bits per heavy atom. The lowest BCUT2D eigenvalue weighted by atomic mass is 9.79. The van der Waals surface area contributed by atoms with Gasteiger partial charge in [0.15, 0.2) is 0 Å². The van der Waals surface area contributed by atoms with Gasteiger partial charge in [-0.25, -0.2) is 9.59 Å². The summed E-state index contributed by atoms with van der Waals surface area (Å²) in [5.41, 5.74) is 3.63. The third kappa shape index (κ3) is 3.76. The molecule has 1 unspecified atom stereocenters. The van der Waals surface area contributed by atoms with Crippen LogP contribution in [-0.2, 0) is 9.53 Å². The molecule has 1 aromatic heterocycles. The number of anilines is 1. The molecule has 0 spiro atoms. The molecule has 0 saturated carbocycles. The molecule has 2 heterocycles. The summed E-state index contributed by atoms with van der Waals surface area (Å²) >= 11 is 3.47. The molecule has 1 atom stereocenters. The molecule has 1 aliphatic rings. The van der Waals surface area contributed by atoms with E-state index in [9.17, 15) is 9.59 Å². The molecule has 0 saturated heterocycles. The first kappa shape index (κ1) is 21.2. The van der Waals surface area contributed by atoms with Crippen LogP contribution >= 0.6 is 15.9 Å². The highest BCUT2D eigenvalue weighted by Crippen LogP contribution is 2.45. The maximum Gasteiger partial charge on any atom is 0.342 e. The highest BCUT2D eigenvalue weighted by atomic mass is 79.9. The minimum Gasteiger partial charge on any atom is -0.463 e. The van der Waals surface area contributed by atoms with Crippen LogP contribution in [0.1, 0.15) is 29.5 Å². The van der Waals surface area contributed by atoms with E-state index < -0.39 is 17.5 Å². The quantitative estimate of drug-likeness (QED) is 0.270. The highest BCUT2D eigenvalue weighted by molar-refractivity contribution is 9.10. The first-order valence-electron chi connectivity index (χ1n) is 10.6. The topological polar surface area (TPSA) is 68.5 Å². The number of halogens is 1. The molecule has 0 aliphatic carbocycles. The first-order chi connectivity index (χ1) is 16.1. The van der Waals surface area contributed by atoms with Crippen molar-refractivity contribution >= 4 is 44.3 Å². The lowest BCUT2D eigenvalue weighted by Crippen LogP contribution is -2.29. The fraction of sp³-hybridized carbons (Fsp3) is 0.111. The van der Waals surface area contributed by atoms with Crippen LogP contribution in [0.15, 0.2) is 98.1 Å². The summed E-state index contributed by atoms with van der Waals surface area (Å²) in [6.07, 6.45) is 0. The van der Waals surface area contributed by atoms with E-state index in [0.717, 1.165) is 21.0 Å². The zero-order valence-electron chi connectivity index (χ0n) is 17.8. The van der Waals surface area contributed by atoms with Crippen LogP contribution in [0.25, 0.3) is 16.7 Å². The molecule has 6 heteroatoms. The molecule has 5 nitrogen and oxygen atoms in total. The number of esters is 1. The van der Waals surface area contributed by atoms with Crippen molar-refractivity contribution in [3.8, 4) is 0 Å². The third-order valence-electron chi connectivity index (χ3n) is 5.71. The molecule has 164 valence electrons. The maximum atomic E-state index is 13.4. The fourth-order valence-electron chi connectivity index (χ4n) is 4.29. The number of hydrogen-bond donors (Lipinski definition) is 1. The highest BCUT2D eigenvalue weighted by Gasteiger charge is 2.38. The molecular weight excluding hydrogens is 482 g/mol. The largest absolute Gasteiger partial charge is 0.463 e. The van der Waals surface area contributed by atoms with E-state index in [4.69, 9.17) is 9.15 Å². The summed E-state index contributed by atoms with van der Waals surface area (Å²) in [5, 5.41) is 4.18. The van der Waals surface area contributed by atoms with Crippen LogP contribution in [0.2, 0.25) is 0 Å². The number of nitrogens with one attached hydrogen (secondary N) is 1. The average molecular weight is 502 g/mol. The van der Waals surface area contributed by atoms with Crippen LogP contribution in [0.3, 0.4) is 0 Å². The second-order valence-corrected chi connectivity index (χ2v) is 8.57. The van der Waals surface area contributed by atoms with E-state index in [0.29, 0.717) is 28.1 Å². The van der Waals surface area contributed by atoms with Gasteiger partial charge in [0.2, 0.25) is 0 Å². The Morgan fingerprint density at radius 2 is 1.70 bits per heavy atom. The van der Waals surface area contributed by atoms with Gasteiger partial charge in [-0.2, -0.15) is 0 Å².